The number of nitrogens with zero attached hydrogens (tertiary/aromatic N) is 2. The minimum absolute atomic E-state index is 0.161. The molecule has 2 fully saturated rings. The highest BCUT2D eigenvalue weighted by atomic mass is 35.5. The molecule has 1 aromatic rings. The highest BCUT2D eigenvalue weighted by molar-refractivity contribution is 6.32. The number of aliphatic hydroxyl groups excluding tert-OH is 1. The lowest BCUT2D eigenvalue weighted by molar-refractivity contribution is -0.0438. The number of halogens is 1. The monoisotopic (exact) mass is 282 g/mol. The molecular formula is C14H19ClN2O2. The lowest BCUT2D eigenvalue weighted by atomic mass is 9.89. The van der Waals surface area contributed by atoms with Crippen molar-refractivity contribution in [2.24, 2.45) is 5.92 Å². The highest BCUT2D eigenvalue weighted by Crippen LogP contribution is 2.35. The maximum Gasteiger partial charge on any atom is 0.147 e. The van der Waals surface area contributed by atoms with Gasteiger partial charge in [0.15, 0.2) is 0 Å². The number of rotatable bonds is 2. The predicted octanol–water partition coefficient (Wildman–Crippen LogP) is 2.10. The van der Waals surface area contributed by atoms with Crippen molar-refractivity contribution in [2.75, 3.05) is 24.7 Å². The Morgan fingerprint density at radius 1 is 1.42 bits per heavy atom. The van der Waals surface area contributed by atoms with E-state index in [1.807, 2.05) is 12.1 Å². The van der Waals surface area contributed by atoms with Gasteiger partial charge in [0.05, 0.1) is 17.7 Å². The standard InChI is InChI=1S/C14H19ClN2O2/c15-11-3-1-6-16-14(11)17-7-2-4-12(17)10-9-19-8-5-13(10)18/h1,3,6,10,12-13,18H,2,4-5,7-9H2/t10-,12-,13-/m1/s1. The molecule has 0 spiro atoms. The van der Waals surface area contributed by atoms with Crippen LogP contribution >= 0.6 is 11.6 Å². The van der Waals surface area contributed by atoms with Crippen LogP contribution in [0.15, 0.2) is 18.3 Å². The Balaban J connectivity index is 1.83. The molecule has 0 aromatic carbocycles. The van der Waals surface area contributed by atoms with Gasteiger partial charge in [-0.3, -0.25) is 0 Å². The Morgan fingerprint density at radius 3 is 3.11 bits per heavy atom. The van der Waals surface area contributed by atoms with E-state index < -0.39 is 0 Å². The first-order chi connectivity index (χ1) is 9.27. The number of anilines is 1. The van der Waals surface area contributed by atoms with Crippen LogP contribution in [-0.2, 0) is 4.74 Å². The summed E-state index contributed by atoms with van der Waals surface area (Å²) in [4.78, 5) is 6.64. The van der Waals surface area contributed by atoms with Crippen LogP contribution in [0, 0.1) is 5.92 Å². The Kier molecular flexibility index (Phi) is 3.91. The summed E-state index contributed by atoms with van der Waals surface area (Å²) in [5.74, 6) is 0.999. The Morgan fingerprint density at radius 2 is 2.32 bits per heavy atom. The molecule has 0 bridgehead atoms. The second-order valence-corrected chi connectivity index (χ2v) is 5.71. The van der Waals surface area contributed by atoms with Gasteiger partial charge in [0.2, 0.25) is 0 Å². The van der Waals surface area contributed by atoms with E-state index in [1.54, 1.807) is 6.20 Å². The Hall–Kier alpha value is -0.840. The Bertz CT molecular complexity index is 443. The molecule has 0 unspecified atom stereocenters. The number of hydrogen-bond donors (Lipinski definition) is 1. The van der Waals surface area contributed by atoms with Gasteiger partial charge in [0, 0.05) is 31.3 Å². The van der Waals surface area contributed by atoms with E-state index in [9.17, 15) is 5.11 Å². The van der Waals surface area contributed by atoms with Gasteiger partial charge in [0.25, 0.3) is 0 Å². The van der Waals surface area contributed by atoms with Gasteiger partial charge >= 0.3 is 0 Å². The van der Waals surface area contributed by atoms with Gasteiger partial charge in [-0.1, -0.05) is 11.6 Å². The fourth-order valence-corrected chi connectivity index (χ4v) is 3.44. The summed E-state index contributed by atoms with van der Waals surface area (Å²) < 4.78 is 5.54. The van der Waals surface area contributed by atoms with Crippen molar-refractivity contribution in [3.8, 4) is 0 Å². The van der Waals surface area contributed by atoms with Crippen LogP contribution in [0.4, 0.5) is 5.82 Å². The zero-order chi connectivity index (χ0) is 13.2. The molecule has 0 saturated carbocycles. The van der Waals surface area contributed by atoms with Gasteiger partial charge < -0.3 is 14.7 Å². The number of ether oxygens (including phenoxy) is 1. The molecule has 3 rings (SSSR count). The molecule has 3 heterocycles. The molecule has 19 heavy (non-hydrogen) atoms. The lowest BCUT2D eigenvalue weighted by Crippen LogP contribution is -2.46. The summed E-state index contributed by atoms with van der Waals surface area (Å²) in [6, 6.07) is 3.99. The maximum absolute atomic E-state index is 10.2. The number of hydrogen-bond acceptors (Lipinski definition) is 4. The molecule has 2 aliphatic heterocycles. The number of pyridine rings is 1. The van der Waals surface area contributed by atoms with Gasteiger partial charge in [-0.2, -0.15) is 0 Å². The average molecular weight is 283 g/mol. The van der Waals surface area contributed by atoms with E-state index in [0.717, 1.165) is 31.6 Å². The van der Waals surface area contributed by atoms with Crippen molar-refractivity contribution < 1.29 is 9.84 Å². The lowest BCUT2D eigenvalue weighted by Gasteiger charge is -2.37. The second kappa shape index (κ2) is 5.65. The first-order valence-corrected chi connectivity index (χ1v) is 7.28. The smallest absolute Gasteiger partial charge is 0.147 e. The zero-order valence-corrected chi connectivity index (χ0v) is 11.6. The zero-order valence-electron chi connectivity index (χ0n) is 10.8. The van der Waals surface area contributed by atoms with Crippen LogP contribution < -0.4 is 4.90 Å². The summed E-state index contributed by atoms with van der Waals surface area (Å²) in [5, 5.41) is 10.9. The van der Waals surface area contributed by atoms with Crippen molar-refractivity contribution in [2.45, 2.75) is 31.4 Å². The van der Waals surface area contributed by atoms with Crippen LogP contribution in [0.5, 0.6) is 0 Å². The molecule has 0 radical (unpaired) electrons. The summed E-state index contributed by atoms with van der Waals surface area (Å²) in [5.41, 5.74) is 0. The van der Waals surface area contributed by atoms with Crippen molar-refractivity contribution >= 4 is 17.4 Å². The first kappa shape index (κ1) is 13.2. The van der Waals surface area contributed by atoms with Gasteiger partial charge in [0.1, 0.15) is 5.82 Å². The molecule has 0 aliphatic carbocycles. The van der Waals surface area contributed by atoms with E-state index >= 15 is 0 Å². The van der Waals surface area contributed by atoms with Crippen LogP contribution in [0.1, 0.15) is 19.3 Å². The fraction of sp³-hybridized carbons (Fsp3) is 0.643. The quantitative estimate of drug-likeness (QED) is 0.902. The summed E-state index contributed by atoms with van der Waals surface area (Å²) in [7, 11) is 0. The molecular weight excluding hydrogens is 264 g/mol. The molecule has 4 nitrogen and oxygen atoms in total. The molecule has 1 aromatic heterocycles. The largest absolute Gasteiger partial charge is 0.393 e. The van der Waals surface area contributed by atoms with Crippen molar-refractivity contribution in [1.82, 2.24) is 4.98 Å². The minimum atomic E-state index is -0.276. The highest BCUT2D eigenvalue weighted by Gasteiger charge is 2.38. The van der Waals surface area contributed by atoms with Gasteiger partial charge in [-0.15, -0.1) is 0 Å². The van der Waals surface area contributed by atoms with E-state index in [1.165, 1.54) is 0 Å². The summed E-state index contributed by atoms with van der Waals surface area (Å²) in [6.07, 6.45) is 4.40. The first-order valence-electron chi connectivity index (χ1n) is 6.90. The number of aromatic nitrogens is 1. The molecule has 104 valence electrons. The summed E-state index contributed by atoms with van der Waals surface area (Å²) >= 11 is 6.25. The third-order valence-corrected chi connectivity index (χ3v) is 4.46. The predicted molar refractivity (Wildman–Crippen MR) is 74.5 cm³/mol. The van der Waals surface area contributed by atoms with Crippen molar-refractivity contribution in [3.63, 3.8) is 0 Å². The minimum Gasteiger partial charge on any atom is -0.393 e. The van der Waals surface area contributed by atoms with E-state index in [4.69, 9.17) is 16.3 Å². The third-order valence-electron chi connectivity index (χ3n) is 4.17. The van der Waals surface area contributed by atoms with E-state index in [0.29, 0.717) is 18.2 Å². The molecule has 2 saturated heterocycles. The third kappa shape index (κ3) is 2.57. The molecule has 0 amide bonds. The van der Waals surface area contributed by atoms with Crippen molar-refractivity contribution in [1.29, 1.82) is 0 Å². The molecule has 5 heteroatoms. The summed E-state index contributed by atoms with van der Waals surface area (Å²) in [6.45, 7) is 2.24. The van der Waals surface area contributed by atoms with Gasteiger partial charge in [-0.25, -0.2) is 4.98 Å². The van der Waals surface area contributed by atoms with E-state index in [2.05, 4.69) is 9.88 Å². The fourth-order valence-electron chi connectivity index (χ4n) is 3.21. The second-order valence-electron chi connectivity index (χ2n) is 5.31. The van der Waals surface area contributed by atoms with Crippen LogP contribution in [0.3, 0.4) is 0 Å². The Labute approximate surface area is 118 Å². The average Bonchev–Trinajstić information content (AvgIpc) is 2.89. The SMILES string of the molecule is O[C@@H]1CCOC[C@@H]1[C@H]1CCCN1c1ncccc1Cl. The topological polar surface area (TPSA) is 45.6 Å². The maximum atomic E-state index is 10.2. The van der Waals surface area contributed by atoms with Crippen LogP contribution in [0.2, 0.25) is 5.02 Å². The number of aliphatic hydroxyl groups is 1. The molecule has 2 aliphatic rings. The molecule has 3 atom stereocenters. The van der Waals surface area contributed by atoms with Crippen LogP contribution in [0.25, 0.3) is 0 Å². The van der Waals surface area contributed by atoms with Gasteiger partial charge in [-0.05, 0) is 31.4 Å². The van der Waals surface area contributed by atoms with Crippen molar-refractivity contribution in [3.05, 3.63) is 23.4 Å². The van der Waals surface area contributed by atoms with Crippen LogP contribution in [-0.4, -0.2) is 42.0 Å². The normalized spacial score (nSPS) is 31.7. The van der Waals surface area contributed by atoms with E-state index in [-0.39, 0.29) is 18.1 Å². The molecule has 1 N–H and O–H groups in total.